The average Bonchev–Trinajstić information content (AvgIpc) is 3.21. The number of carbonyl (C=O) groups is 1. The summed E-state index contributed by atoms with van der Waals surface area (Å²) in [5, 5.41) is 12.1. The van der Waals surface area contributed by atoms with Crippen LogP contribution in [-0.4, -0.2) is 32.0 Å². The molecule has 1 atom stereocenters. The smallest absolute Gasteiger partial charge is 0.271 e. The maximum atomic E-state index is 13.0. The third kappa shape index (κ3) is 4.36. The van der Waals surface area contributed by atoms with E-state index in [0.717, 1.165) is 17.0 Å². The fourth-order valence-electron chi connectivity index (χ4n) is 2.76. The normalized spacial score (nSPS) is 12.2. The summed E-state index contributed by atoms with van der Waals surface area (Å²) in [4.78, 5) is 12.3. The maximum absolute atomic E-state index is 13.0. The van der Waals surface area contributed by atoms with E-state index in [4.69, 9.17) is 11.6 Å². The Morgan fingerprint density at radius 3 is 2.56 bits per heavy atom. The van der Waals surface area contributed by atoms with Crippen LogP contribution in [0.3, 0.4) is 0 Å². The van der Waals surface area contributed by atoms with E-state index in [9.17, 15) is 9.18 Å². The highest BCUT2D eigenvalue weighted by atomic mass is 35.5. The minimum absolute atomic E-state index is 0.0634. The quantitative estimate of drug-likeness (QED) is 0.701. The molecule has 142 valence electrons. The lowest BCUT2D eigenvalue weighted by atomic mass is 10.0. The summed E-state index contributed by atoms with van der Waals surface area (Å²) in [5.41, 5.74) is 2.90. The molecular weight excluding hydrogens is 369 g/mol. The van der Waals surface area contributed by atoms with E-state index in [-0.39, 0.29) is 17.6 Å². The van der Waals surface area contributed by atoms with E-state index in [0.29, 0.717) is 23.9 Å². The van der Waals surface area contributed by atoms with Crippen LogP contribution in [0.2, 0.25) is 5.02 Å². The van der Waals surface area contributed by atoms with E-state index in [1.54, 1.807) is 33.8 Å². The highest BCUT2D eigenvalue weighted by Crippen LogP contribution is 2.19. The molecule has 1 aromatic carbocycles. The summed E-state index contributed by atoms with van der Waals surface area (Å²) in [7, 11) is 0. The summed E-state index contributed by atoms with van der Waals surface area (Å²) >= 11 is 6.15. The van der Waals surface area contributed by atoms with Gasteiger partial charge in [0.05, 0.1) is 16.4 Å². The molecule has 0 aliphatic carbocycles. The molecule has 1 unspecified atom stereocenters. The van der Waals surface area contributed by atoms with E-state index in [2.05, 4.69) is 15.5 Å². The van der Waals surface area contributed by atoms with Gasteiger partial charge in [-0.2, -0.15) is 10.2 Å². The van der Waals surface area contributed by atoms with Crippen molar-refractivity contribution in [2.24, 2.45) is 0 Å². The topological polar surface area (TPSA) is 64.7 Å². The fraction of sp³-hybridized carbons (Fsp3) is 0.316. The molecule has 0 fully saturated rings. The van der Waals surface area contributed by atoms with Gasteiger partial charge in [0.1, 0.15) is 18.2 Å². The summed E-state index contributed by atoms with van der Waals surface area (Å²) in [6.45, 7) is 6.51. The van der Waals surface area contributed by atoms with Crippen LogP contribution in [-0.2, 0) is 6.67 Å². The molecule has 0 saturated heterocycles. The molecule has 8 heteroatoms. The number of aryl methyl sites for hydroxylation is 1. The van der Waals surface area contributed by atoms with Crippen LogP contribution in [0.1, 0.15) is 40.3 Å². The maximum Gasteiger partial charge on any atom is 0.271 e. The largest absolute Gasteiger partial charge is 0.350 e. The Morgan fingerprint density at radius 1 is 1.22 bits per heavy atom. The number of rotatable bonds is 6. The third-order valence-electron chi connectivity index (χ3n) is 4.45. The van der Waals surface area contributed by atoms with Gasteiger partial charge >= 0.3 is 0 Å². The molecule has 0 bridgehead atoms. The molecule has 2 aromatic heterocycles. The Labute approximate surface area is 161 Å². The number of hydrogen-bond acceptors (Lipinski definition) is 3. The van der Waals surface area contributed by atoms with Crippen LogP contribution in [0.25, 0.3) is 0 Å². The lowest BCUT2D eigenvalue weighted by molar-refractivity contribution is 0.0945. The van der Waals surface area contributed by atoms with Gasteiger partial charge in [-0.3, -0.25) is 9.48 Å². The van der Waals surface area contributed by atoms with Gasteiger partial charge in [0, 0.05) is 12.7 Å². The van der Waals surface area contributed by atoms with Gasteiger partial charge in [-0.15, -0.1) is 0 Å². The van der Waals surface area contributed by atoms with Crippen molar-refractivity contribution >= 4 is 17.5 Å². The average molecular weight is 390 g/mol. The number of aromatic nitrogens is 4. The Morgan fingerprint density at radius 2 is 1.93 bits per heavy atom. The molecule has 0 aliphatic rings. The number of hydrogen-bond donors (Lipinski definition) is 1. The summed E-state index contributed by atoms with van der Waals surface area (Å²) < 4.78 is 16.4. The summed E-state index contributed by atoms with van der Waals surface area (Å²) in [6, 6.07) is 7.94. The minimum Gasteiger partial charge on any atom is -0.350 e. The SMILES string of the molecule is Cc1nn(Cn2ccc(C(=O)NCC(C)c3ccc(F)cc3)n2)c(C)c1Cl. The molecule has 0 saturated carbocycles. The van der Waals surface area contributed by atoms with Crippen molar-refractivity contribution in [1.82, 2.24) is 24.9 Å². The van der Waals surface area contributed by atoms with Gasteiger partial charge in [-0.1, -0.05) is 30.7 Å². The molecule has 6 nitrogen and oxygen atoms in total. The zero-order valence-electron chi connectivity index (χ0n) is 15.4. The first-order valence-corrected chi connectivity index (χ1v) is 8.99. The summed E-state index contributed by atoms with van der Waals surface area (Å²) in [6.07, 6.45) is 1.72. The number of benzene rings is 1. The third-order valence-corrected chi connectivity index (χ3v) is 5.00. The van der Waals surface area contributed by atoms with Crippen LogP contribution in [0.5, 0.6) is 0 Å². The van der Waals surface area contributed by atoms with Gasteiger partial charge in [0.2, 0.25) is 0 Å². The highest BCUT2D eigenvalue weighted by Gasteiger charge is 2.14. The Kier molecular flexibility index (Phi) is 5.60. The van der Waals surface area contributed by atoms with Gasteiger partial charge in [0.25, 0.3) is 5.91 Å². The number of amides is 1. The first-order chi connectivity index (χ1) is 12.8. The lowest BCUT2D eigenvalue weighted by Gasteiger charge is -2.12. The van der Waals surface area contributed by atoms with Gasteiger partial charge < -0.3 is 5.32 Å². The van der Waals surface area contributed by atoms with Crippen molar-refractivity contribution in [2.75, 3.05) is 6.54 Å². The van der Waals surface area contributed by atoms with Crippen LogP contribution in [0, 0.1) is 19.7 Å². The van der Waals surface area contributed by atoms with E-state index in [1.165, 1.54) is 12.1 Å². The second kappa shape index (κ2) is 7.92. The molecular formula is C19H21ClFN5O. The zero-order valence-corrected chi connectivity index (χ0v) is 16.2. The van der Waals surface area contributed by atoms with Crippen molar-refractivity contribution in [3.05, 3.63) is 70.0 Å². The minimum atomic E-state index is -0.274. The molecule has 2 heterocycles. The molecule has 0 aliphatic heterocycles. The Hall–Kier alpha value is -2.67. The standard InChI is InChI=1S/C19H21ClFN5O/c1-12(15-4-6-16(21)7-5-15)10-22-19(27)17-8-9-25(24-17)11-26-14(3)18(20)13(2)23-26/h4-9,12H,10-11H2,1-3H3,(H,22,27). The van der Waals surface area contributed by atoms with Crippen molar-refractivity contribution < 1.29 is 9.18 Å². The summed E-state index contributed by atoms with van der Waals surface area (Å²) in [5.74, 6) is -0.466. The molecule has 27 heavy (non-hydrogen) atoms. The number of halogens is 2. The van der Waals surface area contributed by atoms with E-state index >= 15 is 0 Å². The zero-order chi connectivity index (χ0) is 19.6. The fourth-order valence-corrected chi connectivity index (χ4v) is 2.89. The second-order valence-electron chi connectivity index (χ2n) is 6.53. The number of carbonyl (C=O) groups excluding carboxylic acids is 1. The van der Waals surface area contributed by atoms with Crippen LogP contribution >= 0.6 is 11.6 Å². The predicted molar refractivity (Wildman–Crippen MR) is 101 cm³/mol. The second-order valence-corrected chi connectivity index (χ2v) is 6.91. The van der Waals surface area contributed by atoms with Crippen molar-refractivity contribution in [3.63, 3.8) is 0 Å². The molecule has 3 rings (SSSR count). The van der Waals surface area contributed by atoms with Crippen LogP contribution < -0.4 is 5.32 Å². The van der Waals surface area contributed by atoms with Crippen molar-refractivity contribution in [2.45, 2.75) is 33.4 Å². The Bertz CT molecular complexity index is 948. The van der Waals surface area contributed by atoms with Crippen LogP contribution in [0.4, 0.5) is 4.39 Å². The van der Waals surface area contributed by atoms with E-state index < -0.39 is 0 Å². The number of nitrogens with zero attached hydrogens (tertiary/aromatic N) is 4. The molecule has 0 spiro atoms. The van der Waals surface area contributed by atoms with Gasteiger partial charge in [-0.05, 0) is 43.5 Å². The lowest BCUT2D eigenvalue weighted by Crippen LogP contribution is -2.28. The van der Waals surface area contributed by atoms with Gasteiger partial charge in [0.15, 0.2) is 0 Å². The first kappa shape index (κ1) is 19.1. The van der Waals surface area contributed by atoms with Crippen molar-refractivity contribution in [1.29, 1.82) is 0 Å². The Balaban J connectivity index is 1.59. The van der Waals surface area contributed by atoms with Crippen LogP contribution in [0.15, 0.2) is 36.5 Å². The molecule has 3 aromatic rings. The van der Waals surface area contributed by atoms with E-state index in [1.807, 2.05) is 20.8 Å². The van der Waals surface area contributed by atoms with Crippen molar-refractivity contribution in [3.8, 4) is 0 Å². The molecule has 0 radical (unpaired) electrons. The molecule has 1 amide bonds. The van der Waals surface area contributed by atoms with Gasteiger partial charge in [-0.25, -0.2) is 9.07 Å². The first-order valence-electron chi connectivity index (χ1n) is 8.61. The highest BCUT2D eigenvalue weighted by molar-refractivity contribution is 6.31. The monoisotopic (exact) mass is 389 g/mol. The number of nitrogens with one attached hydrogen (secondary N) is 1. The predicted octanol–water partition coefficient (Wildman–Crippen LogP) is 3.53. The molecule has 1 N–H and O–H groups in total.